The van der Waals surface area contributed by atoms with E-state index in [1.165, 1.54) is 12.3 Å². The van der Waals surface area contributed by atoms with E-state index in [0.29, 0.717) is 19.6 Å². The Labute approximate surface area is 118 Å². The molecule has 4 nitrogen and oxygen atoms in total. The van der Waals surface area contributed by atoms with Crippen LogP contribution < -0.4 is 4.90 Å². The highest BCUT2D eigenvalue weighted by atomic mass is 19.1. The average Bonchev–Trinajstić information content (AvgIpc) is 2.88. The van der Waals surface area contributed by atoms with Gasteiger partial charge >= 0.3 is 0 Å². The van der Waals surface area contributed by atoms with Crippen LogP contribution in [0.25, 0.3) is 0 Å². The highest BCUT2D eigenvalue weighted by Gasteiger charge is 2.44. The first-order valence-electron chi connectivity index (χ1n) is 7.26. The third-order valence-corrected chi connectivity index (χ3v) is 4.62. The SMILES string of the molecule is C[C@]1(O)CCOC[C@@H]1[C@H]1CCCN1c1ccc(F)cn1. The normalized spacial score (nSPS) is 34.5. The van der Waals surface area contributed by atoms with Gasteiger partial charge in [-0.2, -0.15) is 0 Å². The van der Waals surface area contributed by atoms with E-state index in [2.05, 4.69) is 9.88 Å². The zero-order valence-corrected chi connectivity index (χ0v) is 11.8. The number of pyridine rings is 1. The van der Waals surface area contributed by atoms with Gasteiger partial charge in [0.15, 0.2) is 0 Å². The lowest BCUT2D eigenvalue weighted by Crippen LogP contribution is -2.52. The summed E-state index contributed by atoms with van der Waals surface area (Å²) in [5.74, 6) is 0.540. The van der Waals surface area contributed by atoms with Crippen molar-refractivity contribution < 1.29 is 14.2 Å². The number of ether oxygens (including phenoxy) is 1. The molecule has 0 amide bonds. The lowest BCUT2D eigenvalue weighted by atomic mass is 9.79. The molecule has 2 fully saturated rings. The fourth-order valence-corrected chi connectivity index (χ4v) is 3.41. The van der Waals surface area contributed by atoms with Crippen LogP contribution in [-0.2, 0) is 4.74 Å². The largest absolute Gasteiger partial charge is 0.390 e. The summed E-state index contributed by atoms with van der Waals surface area (Å²) in [5, 5.41) is 10.6. The summed E-state index contributed by atoms with van der Waals surface area (Å²) < 4.78 is 18.6. The first-order valence-corrected chi connectivity index (χ1v) is 7.26. The molecule has 0 aliphatic carbocycles. The van der Waals surface area contributed by atoms with Crippen LogP contribution in [-0.4, -0.2) is 41.5 Å². The van der Waals surface area contributed by atoms with Crippen molar-refractivity contribution in [2.45, 2.75) is 37.8 Å². The van der Waals surface area contributed by atoms with Gasteiger partial charge < -0.3 is 14.7 Å². The van der Waals surface area contributed by atoms with Gasteiger partial charge in [-0.1, -0.05) is 0 Å². The summed E-state index contributed by atoms with van der Waals surface area (Å²) in [7, 11) is 0. The Morgan fingerprint density at radius 2 is 2.35 bits per heavy atom. The molecule has 5 heteroatoms. The Bertz CT molecular complexity index is 463. The van der Waals surface area contributed by atoms with Crippen LogP contribution in [0.4, 0.5) is 10.2 Å². The van der Waals surface area contributed by atoms with Crippen LogP contribution >= 0.6 is 0 Å². The van der Waals surface area contributed by atoms with Gasteiger partial charge in [-0.3, -0.25) is 0 Å². The van der Waals surface area contributed by atoms with Crippen molar-refractivity contribution in [1.29, 1.82) is 0 Å². The van der Waals surface area contributed by atoms with Crippen molar-refractivity contribution in [3.63, 3.8) is 0 Å². The van der Waals surface area contributed by atoms with Crippen LogP contribution in [0.2, 0.25) is 0 Å². The number of rotatable bonds is 2. The Morgan fingerprint density at radius 1 is 1.50 bits per heavy atom. The molecule has 0 bridgehead atoms. The topological polar surface area (TPSA) is 45.6 Å². The van der Waals surface area contributed by atoms with Crippen molar-refractivity contribution in [3.05, 3.63) is 24.1 Å². The Kier molecular flexibility index (Phi) is 3.65. The molecule has 3 rings (SSSR count). The minimum absolute atomic E-state index is 0.0746. The molecule has 1 aromatic rings. The molecule has 0 saturated carbocycles. The second-order valence-electron chi connectivity index (χ2n) is 6.03. The zero-order valence-electron chi connectivity index (χ0n) is 11.8. The van der Waals surface area contributed by atoms with Gasteiger partial charge in [0.05, 0.1) is 18.4 Å². The fraction of sp³-hybridized carbons (Fsp3) is 0.667. The monoisotopic (exact) mass is 280 g/mol. The summed E-state index contributed by atoms with van der Waals surface area (Å²) in [6.07, 6.45) is 4.00. The molecule has 2 saturated heterocycles. The highest BCUT2D eigenvalue weighted by molar-refractivity contribution is 5.41. The first-order chi connectivity index (χ1) is 9.58. The minimum Gasteiger partial charge on any atom is -0.390 e. The molecule has 20 heavy (non-hydrogen) atoms. The Hall–Kier alpha value is -1.20. The molecule has 0 radical (unpaired) electrons. The van der Waals surface area contributed by atoms with E-state index >= 15 is 0 Å². The van der Waals surface area contributed by atoms with E-state index in [1.54, 1.807) is 6.07 Å². The maximum Gasteiger partial charge on any atom is 0.141 e. The molecule has 2 aliphatic heterocycles. The summed E-state index contributed by atoms with van der Waals surface area (Å²) in [6, 6.07) is 3.36. The summed E-state index contributed by atoms with van der Waals surface area (Å²) >= 11 is 0. The molecular formula is C15H21FN2O2. The molecule has 0 aromatic carbocycles. The smallest absolute Gasteiger partial charge is 0.141 e. The van der Waals surface area contributed by atoms with Gasteiger partial charge in [0, 0.05) is 25.1 Å². The van der Waals surface area contributed by atoms with Gasteiger partial charge in [0.25, 0.3) is 0 Å². The quantitative estimate of drug-likeness (QED) is 0.899. The fourth-order valence-electron chi connectivity index (χ4n) is 3.41. The van der Waals surface area contributed by atoms with Crippen LogP contribution in [0.1, 0.15) is 26.2 Å². The molecule has 3 heterocycles. The Balaban J connectivity index is 1.83. The van der Waals surface area contributed by atoms with Crippen LogP contribution in [0.3, 0.4) is 0 Å². The Morgan fingerprint density at radius 3 is 3.05 bits per heavy atom. The van der Waals surface area contributed by atoms with Crippen molar-refractivity contribution in [2.24, 2.45) is 5.92 Å². The lowest BCUT2D eigenvalue weighted by molar-refractivity contribution is -0.108. The van der Waals surface area contributed by atoms with Gasteiger partial charge in [0.1, 0.15) is 11.6 Å². The lowest BCUT2D eigenvalue weighted by Gasteiger charge is -2.43. The van der Waals surface area contributed by atoms with Crippen molar-refractivity contribution in [3.8, 4) is 0 Å². The number of halogens is 1. The minimum atomic E-state index is -0.703. The number of hydrogen-bond donors (Lipinski definition) is 1. The predicted molar refractivity (Wildman–Crippen MR) is 74.1 cm³/mol. The number of aliphatic hydroxyl groups is 1. The maximum absolute atomic E-state index is 13.0. The third kappa shape index (κ3) is 2.52. The first kappa shape index (κ1) is 13.8. The summed E-state index contributed by atoms with van der Waals surface area (Å²) in [4.78, 5) is 6.37. The van der Waals surface area contributed by atoms with Crippen LogP contribution in [0.5, 0.6) is 0 Å². The number of aromatic nitrogens is 1. The average molecular weight is 280 g/mol. The van der Waals surface area contributed by atoms with E-state index in [9.17, 15) is 9.50 Å². The van der Waals surface area contributed by atoms with Crippen LogP contribution in [0.15, 0.2) is 18.3 Å². The van der Waals surface area contributed by atoms with Crippen LogP contribution in [0, 0.1) is 11.7 Å². The molecule has 3 atom stereocenters. The highest BCUT2D eigenvalue weighted by Crippen LogP contribution is 2.37. The zero-order chi connectivity index (χ0) is 14.2. The molecule has 1 N–H and O–H groups in total. The van der Waals surface area contributed by atoms with Crippen molar-refractivity contribution in [2.75, 3.05) is 24.7 Å². The van der Waals surface area contributed by atoms with E-state index in [-0.39, 0.29) is 17.8 Å². The van der Waals surface area contributed by atoms with E-state index in [4.69, 9.17) is 4.74 Å². The predicted octanol–water partition coefficient (Wildman–Crippen LogP) is 1.98. The summed E-state index contributed by atoms with van der Waals surface area (Å²) in [6.45, 7) is 3.99. The molecule has 0 unspecified atom stereocenters. The van der Waals surface area contributed by atoms with E-state index in [0.717, 1.165) is 25.2 Å². The summed E-state index contributed by atoms with van der Waals surface area (Å²) in [5.41, 5.74) is -0.703. The number of nitrogens with zero attached hydrogens (tertiary/aromatic N) is 2. The second kappa shape index (κ2) is 5.30. The molecular weight excluding hydrogens is 259 g/mol. The van der Waals surface area contributed by atoms with Gasteiger partial charge in [-0.15, -0.1) is 0 Å². The van der Waals surface area contributed by atoms with E-state index in [1.807, 2.05) is 6.92 Å². The standard InChI is InChI=1S/C15H21FN2O2/c1-15(19)6-8-20-10-12(15)13-3-2-7-18(13)14-5-4-11(16)9-17-14/h4-5,9,12-13,19H,2-3,6-8,10H2,1H3/t12-,13-,15+/m1/s1. The van der Waals surface area contributed by atoms with Gasteiger partial charge in [-0.05, 0) is 38.3 Å². The maximum atomic E-state index is 13.0. The number of anilines is 1. The molecule has 110 valence electrons. The van der Waals surface area contributed by atoms with Gasteiger partial charge in [-0.25, -0.2) is 9.37 Å². The third-order valence-electron chi connectivity index (χ3n) is 4.62. The van der Waals surface area contributed by atoms with Crippen molar-refractivity contribution >= 4 is 5.82 Å². The molecule has 0 spiro atoms. The second-order valence-corrected chi connectivity index (χ2v) is 6.03. The molecule has 1 aromatic heterocycles. The number of hydrogen-bond acceptors (Lipinski definition) is 4. The van der Waals surface area contributed by atoms with E-state index < -0.39 is 5.60 Å². The van der Waals surface area contributed by atoms with Gasteiger partial charge in [0.2, 0.25) is 0 Å². The molecule has 2 aliphatic rings. The van der Waals surface area contributed by atoms with Crippen molar-refractivity contribution in [1.82, 2.24) is 4.98 Å².